The molecule has 0 heterocycles. The Labute approximate surface area is 101 Å². The normalized spacial score (nSPS) is 11.5. The van der Waals surface area contributed by atoms with Crippen LogP contribution in [0, 0.1) is 5.41 Å². The second-order valence-electron chi connectivity index (χ2n) is 5.67. The van der Waals surface area contributed by atoms with Gasteiger partial charge in [-0.25, -0.2) is 0 Å². The lowest BCUT2D eigenvalue weighted by molar-refractivity contribution is -0.116. The summed E-state index contributed by atoms with van der Waals surface area (Å²) < 4.78 is 0. The number of rotatable bonds is 8. The van der Waals surface area contributed by atoms with E-state index in [9.17, 15) is 4.79 Å². The number of carbonyl (C=O) groups is 1. The van der Waals surface area contributed by atoms with Gasteiger partial charge in [0.05, 0.1) is 0 Å². The zero-order valence-electron chi connectivity index (χ0n) is 11.6. The molecule has 0 bridgehead atoms. The molecule has 0 radical (unpaired) electrons. The fraction of sp³-hybridized carbons (Fsp3) is 0.800. The fourth-order valence-electron chi connectivity index (χ4n) is 1.64. The van der Waals surface area contributed by atoms with Crippen molar-refractivity contribution in [3.63, 3.8) is 0 Å². The van der Waals surface area contributed by atoms with E-state index in [1.165, 1.54) is 32.1 Å². The van der Waals surface area contributed by atoms with Crippen molar-refractivity contribution < 1.29 is 4.79 Å². The van der Waals surface area contributed by atoms with E-state index >= 15 is 0 Å². The quantitative estimate of drug-likeness (QED) is 0.423. The van der Waals surface area contributed by atoms with E-state index < -0.39 is 0 Å². The van der Waals surface area contributed by atoms with Crippen LogP contribution in [-0.2, 0) is 4.79 Å². The van der Waals surface area contributed by atoms with Gasteiger partial charge < -0.3 is 0 Å². The van der Waals surface area contributed by atoms with E-state index in [2.05, 4.69) is 34.3 Å². The van der Waals surface area contributed by atoms with E-state index in [0.29, 0.717) is 6.42 Å². The van der Waals surface area contributed by atoms with Gasteiger partial charge in [0.1, 0.15) is 0 Å². The topological polar surface area (TPSA) is 17.1 Å². The largest absolute Gasteiger partial charge is 0.295 e. The van der Waals surface area contributed by atoms with Crippen molar-refractivity contribution in [2.24, 2.45) is 5.41 Å². The minimum atomic E-state index is -0.0701. The second-order valence-corrected chi connectivity index (χ2v) is 5.67. The van der Waals surface area contributed by atoms with Gasteiger partial charge in [-0.2, -0.15) is 0 Å². The van der Waals surface area contributed by atoms with Crippen LogP contribution < -0.4 is 0 Å². The Hall–Kier alpha value is -0.590. The highest BCUT2D eigenvalue weighted by Gasteiger charge is 2.20. The Bertz CT molecular complexity index is 220. The molecule has 94 valence electrons. The molecule has 0 aromatic carbocycles. The summed E-state index contributed by atoms with van der Waals surface area (Å²) in [5.74, 6) is 0.253. The van der Waals surface area contributed by atoms with Gasteiger partial charge in [-0.15, -0.1) is 0 Å². The summed E-state index contributed by atoms with van der Waals surface area (Å²) >= 11 is 0. The average molecular weight is 224 g/mol. The molecule has 0 aromatic heterocycles. The molecule has 0 aromatic rings. The summed E-state index contributed by atoms with van der Waals surface area (Å²) in [7, 11) is 0. The van der Waals surface area contributed by atoms with Crippen LogP contribution in [0.2, 0.25) is 0 Å². The van der Waals surface area contributed by atoms with Gasteiger partial charge in [-0.3, -0.25) is 4.79 Å². The molecule has 0 aliphatic heterocycles. The molecular weight excluding hydrogens is 196 g/mol. The molecule has 1 nitrogen and oxygen atoms in total. The first-order chi connectivity index (χ1) is 7.39. The van der Waals surface area contributed by atoms with Crippen LogP contribution in [0.4, 0.5) is 0 Å². The van der Waals surface area contributed by atoms with Crippen LogP contribution in [0.25, 0.3) is 0 Å². The Morgan fingerprint density at radius 2 is 1.50 bits per heavy atom. The number of ketones is 1. The van der Waals surface area contributed by atoms with E-state index in [4.69, 9.17) is 0 Å². The second kappa shape index (κ2) is 7.65. The van der Waals surface area contributed by atoms with Gasteiger partial charge in [0.25, 0.3) is 0 Å². The summed E-state index contributed by atoms with van der Waals surface area (Å²) in [6.07, 6.45) is 8.07. The number of hydrogen-bond acceptors (Lipinski definition) is 1. The van der Waals surface area contributed by atoms with Gasteiger partial charge in [0.15, 0.2) is 5.78 Å². The maximum Gasteiger partial charge on any atom is 0.158 e. The first-order valence-corrected chi connectivity index (χ1v) is 6.62. The Morgan fingerprint density at radius 1 is 1.00 bits per heavy atom. The van der Waals surface area contributed by atoms with E-state index in [0.717, 1.165) is 12.0 Å². The molecule has 0 amide bonds. The van der Waals surface area contributed by atoms with Crippen molar-refractivity contribution in [2.75, 3.05) is 0 Å². The van der Waals surface area contributed by atoms with Crippen LogP contribution in [-0.4, -0.2) is 5.78 Å². The molecule has 1 heteroatoms. The average Bonchev–Trinajstić information content (AvgIpc) is 2.20. The summed E-state index contributed by atoms with van der Waals surface area (Å²) in [5.41, 5.74) is 0.709. The summed E-state index contributed by atoms with van der Waals surface area (Å²) in [6.45, 7) is 12.3. The van der Waals surface area contributed by atoms with Gasteiger partial charge in [0.2, 0.25) is 0 Å². The molecule has 0 spiro atoms. The SMILES string of the molecule is C=C(C(=O)CCCCCCCC)C(C)(C)C. The number of carbonyl (C=O) groups excluding carboxylic acids is 1. The number of allylic oxidation sites excluding steroid dienone is 1. The van der Waals surface area contributed by atoms with Crippen molar-refractivity contribution in [3.8, 4) is 0 Å². The van der Waals surface area contributed by atoms with E-state index in [-0.39, 0.29) is 11.2 Å². The van der Waals surface area contributed by atoms with Crippen molar-refractivity contribution in [1.82, 2.24) is 0 Å². The van der Waals surface area contributed by atoms with E-state index in [1.54, 1.807) is 0 Å². The molecule has 0 aliphatic carbocycles. The Morgan fingerprint density at radius 3 is 2.00 bits per heavy atom. The van der Waals surface area contributed by atoms with Crippen LogP contribution in [0.3, 0.4) is 0 Å². The fourth-order valence-corrected chi connectivity index (χ4v) is 1.64. The third-order valence-electron chi connectivity index (χ3n) is 3.00. The summed E-state index contributed by atoms with van der Waals surface area (Å²) in [4.78, 5) is 11.8. The Kier molecular flexibility index (Phi) is 7.36. The zero-order chi connectivity index (χ0) is 12.6. The standard InChI is InChI=1S/C15H28O/c1-6-7-8-9-10-11-12-14(16)13(2)15(3,4)5/h2,6-12H2,1,3-5H3. The van der Waals surface area contributed by atoms with E-state index in [1.807, 2.05) is 0 Å². The molecular formula is C15H28O. The molecule has 0 rings (SSSR count). The highest BCUT2D eigenvalue weighted by atomic mass is 16.1. The molecule has 0 unspecified atom stereocenters. The first-order valence-electron chi connectivity index (χ1n) is 6.62. The maximum absolute atomic E-state index is 11.8. The van der Waals surface area contributed by atoms with Crippen molar-refractivity contribution in [3.05, 3.63) is 12.2 Å². The lowest BCUT2D eigenvalue weighted by Crippen LogP contribution is -2.16. The summed E-state index contributed by atoms with van der Waals surface area (Å²) in [6, 6.07) is 0. The third-order valence-corrected chi connectivity index (χ3v) is 3.00. The number of Topliss-reactive ketones (excluding diaryl/α,β-unsaturated/α-hetero) is 1. The molecule has 0 saturated carbocycles. The van der Waals surface area contributed by atoms with Crippen molar-refractivity contribution in [2.45, 2.75) is 72.6 Å². The zero-order valence-corrected chi connectivity index (χ0v) is 11.6. The van der Waals surface area contributed by atoms with Gasteiger partial charge in [-0.05, 0) is 17.4 Å². The lowest BCUT2D eigenvalue weighted by atomic mass is 9.84. The molecule has 0 atom stereocenters. The number of hydrogen-bond donors (Lipinski definition) is 0. The van der Waals surface area contributed by atoms with Crippen LogP contribution >= 0.6 is 0 Å². The highest BCUT2D eigenvalue weighted by Crippen LogP contribution is 2.25. The smallest absolute Gasteiger partial charge is 0.158 e. The third kappa shape index (κ3) is 6.81. The Balaban J connectivity index is 3.63. The summed E-state index contributed by atoms with van der Waals surface area (Å²) in [5, 5.41) is 0. The van der Waals surface area contributed by atoms with Crippen molar-refractivity contribution in [1.29, 1.82) is 0 Å². The van der Waals surface area contributed by atoms with Gasteiger partial charge in [0, 0.05) is 6.42 Å². The highest BCUT2D eigenvalue weighted by molar-refractivity contribution is 5.95. The predicted molar refractivity (Wildman–Crippen MR) is 71.6 cm³/mol. The maximum atomic E-state index is 11.8. The van der Waals surface area contributed by atoms with Gasteiger partial charge in [-0.1, -0.05) is 66.4 Å². The van der Waals surface area contributed by atoms with Crippen molar-refractivity contribution >= 4 is 5.78 Å². The molecule has 0 aliphatic rings. The lowest BCUT2D eigenvalue weighted by Gasteiger charge is -2.20. The molecule has 0 N–H and O–H groups in total. The molecule has 16 heavy (non-hydrogen) atoms. The minimum absolute atomic E-state index is 0.0701. The molecule has 0 saturated heterocycles. The monoisotopic (exact) mass is 224 g/mol. The first kappa shape index (κ1) is 15.4. The predicted octanol–water partition coefficient (Wildman–Crippen LogP) is 4.91. The van der Waals surface area contributed by atoms with Crippen LogP contribution in [0.5, 0.6) is 0 Å². The number of unbranched alkanes of at least 4 members (excludes halogenated alkanes) is 5. The van der Waals surface area contributed by atoms with Gasteiger partial charge >= 0.3 is 0 Å². The minimum Gasteiger partial charge on any atom is -0.295 e. The van der Waals surface area contributed by atoms with Crippen LogP contribution in [0.1, 0.15) is 72.6 Å². The molecule has 0 fully saturated rings. The van der Waals surface area contributed by atoms with Crippen LogP contribution in [0.15, 0.2) is 12.2 Å².